The fourth-order valence-corrected chi connectivity index (χ4v) is 1.81. The smallest absolute Gasteiger partial charge is 0.252 e. The van der Waals surface area contributed by atoms with Gasteiger partial charge < -0.3 is 0 Å². The largest absolute Gasteiger partial charge is 0.333 e. The highest BCUT2D eigenvalue weighted by molar-refractivity contribution is 9.11. The molecule has 0 radical (unpaired) electrons. The van der Waals surface area contributed by atoms with E-state index in [9.17, 15) is 8.42 Å². The predicted molar refractivity (Wildman–Crippen MR) is 47.7 cm³/mol. The van der Waals surface area contributed by atoms with Crippen LogP contribution >= 0.6 is 27.3 Å². The normalized spacial score (nSPS) is 11.8. The SMILES string of the molecule is NS(=O)(=O)OCc1csc(Br)n1. The summed E-state index contributed by atoms with van der Waals surface area (Å²) in [5.74, 6) is 0. The van der Waals surface area contributed by atoms with Crippen molar-refractivity contribution in [3.05, 3.63) is 15.0 Å². The van der Waals surface area contributed by atoms with Gasteiger partial charge in [0.25, 0.3) is 0 Å². The second-order valence-electron chi connectivity index (χ2n) is 1.85. The highest BCUT2D eigenvalue weighted by Gasteiger charge is 2.05. The lowest BCUT2D eigenvalue weighted by Crippen LogP contribution is -2.15. The Hall–Kier alpha value is -0.0200. The van der Waals surface area contributed by atoms with Gasteiger partial charge in [0, 0.05) is 5.38 Å². The van der Waals surface area contributed by atoms with Gasteiger partial charge in [-0.25, -0.2) is 10.1 Å². The van der Waals surface area contributed by atoms with Gasteiger partial charge in [0.2, 0.25) is 0 Å². The molecule has 68 valence electrons. The summed E-state index contributed by atoms with van der Waals surface area (Å²) >= 11 is 4.47. The first-order valence-electron chi connectivity index (χ1n) is 2.74. The zero-order valence-electron chi connectivity index (χ0n) is 5.73. The number of nitrogens with two attached hydrogens (primary N) is 1. The van der Waals surface area contributed by atoms with Gasteiger partial charge in [-0.15, -0.1) is 11.3 Å². The Morgan fingerprint density at radius 2 is 2.42 bits per heavy atom. The van der Waals surface area contributed by atoms with Crippen LogP contribution < -0.4 is 5.14 Å². The number of hydrogen-bond donors (Lipinski definition) is 1. The minimum absolute atomic E-state index is 0.124. The van der Waals surface area contributed by atoms with Crippen molar-refractivity contribution >= 4 is 37.6 Å². The lowest BCUT2D eigenvalue weighted by Gasteiger charge is -1.95. The lowest BCUT2D eigenvalue weighted by atomic mass is 10.5. The molecule has 5 nitrogen and oxygen atoms in total. The molecular formula is C4H5BrN2O3S2. The van der Waals surface area contributed by atoms with Gasteiger partial charge in [0.15, 0.2) is 3.92 Å². The maximum atomic E-state index is 10.3. The van der Waals surface area contributed by atoms with E-state index in [0.29, 0.717) is 9.61 Å². The van der Waals surface area contributed by atoms with Crippen LogP contribution in [-0.2, 0) is 21.1 Å². The molecule has 1 aromatic heterocycles. The van der Waals surface area contributed by atoms with Gasteiger partial charge in [0.1, 0.15) is 6.61 Å². The molecule has 0 saturated heterocycles. The number of nitrogens with zero attached hydrogens (tertiary/aromatic N) is 1. The van der Waals surface area contributed by atoms with Gasteiger partial charge in [0.05, 0.1) is 5.69 Å². The van der Waals surface area contributed by atoms with Crippen LogP contribution in [0.4, 0.5) is 0 Å². The third kappa shape index (κ3) is 3.59. The van der Waals surface area contributed by atoms with E-state index in [1.807, 2.05) is 0 Å². The summed E-state index contributed by atoms with van der Waals surface area (Å²) in [5, 5.41) is 6.28. The Bertz CT molecular complexity index is 360. The summed E-state index contributed by atoms with van der Waals surface area (Å²) in [4.78, 5) is 3.90. The van der Waals surface area contributed by atoms with Crippen molar-refractivity contribution in [1.29, 1.82) is 0 Å². The van der Waals surface area contributed by atoms with E-state index in [4.69, 9.17) is 0 Å². The molecule has 0 saturated carbocycles. The molecule has 0 unspecified atom stereocenters. The highest BCUT2D eigenvalue weighted by atomic mass is 79.9. The quantitative estimate of drug-likeness (QED) is 0.875. The molecule has 0 amide bonds. The third-order valence-electron chi connectivity index (χ3n) is 0.895. The van der Waals surface area contributed by atoms with Gasteiger partial charge in [-0.3, -0.25) is 4.18 Å². The van der Waals surface area contributed by atoms with Crippen molar-refractivity contribution in [2.75, 3.05) is 0 Å². The van der Waals surface area contributed by atoms with Gasteiger partial charge >= 0.3 is 10.3 Å². The van der Waals surface area contributed by atoms with E-state index >= 15 is 0 Å². The number of rotatable bonds is 3. The standard InChI is InChI=1S/C4H5BrN2O3S2/c5-4-7-3(2-11-4)1-10-12(6,8)9/h2H,1H2,(H2,6,8,9). The van der Waals surface area contributed by atoms with E-state index in [0.717, 1.165) is 0 Å². The third-order valence-corrected chi connectivity index (χ3v) is 2.75. The molecule has 0 atom stereocenters. The first-order valence-corrected chi connectivity index (χ1v) is 5.89. The zero-order valence-corrected chi connectivity index (χ0v) is 8.95. The molecule has 0 bridgehead atoms. The number of thiazole rings is 1. The first-order chi connectivity index (χ1) is 5.47. The average molecular weight is 273 g/mol. The summed E-state index contributed by atoms with van der Waals surface area (Å²) in [6.45, 7) is -0.124. The Labute approximate surface area is 81.9 Å². The fraction of sp³-hybridized carbons (Fsp3) is 0.250. The van der Waals surface area contributed by atoms with Gasteiger partial charge in [-0.2, -0.15) is 8.42 Å². The Balaban J connectivity index is 2.55. The first kappa shape index (κ1) is 10.1. The average Bonchev–Trinajstić information content (AvgIpc) is 2.30. The summed E-state index contributed by atoms with van der Waals surface area (Å²) in [5.41, 5.74) is 0.529. The fourth-order valence-electron chi connectivity index (χ4n) is 0.491. The Morgan fingerprint density at radius 3 is 2.83 bits per heavy atom. The van der Waals surface area contributed by atoms with Crippen LogP contribution in [0.5, 0.6) is 0 Å². The molecule has 0 aliphatic rings. The van der Waals surface area contributed by atoms with Crippen LogP contribution in [0.2, 0.25) is 0 Å². The van der Waals surface area contributed by atoms with E-state index < -0.39 is 10.3 Å². The van der Waals surface area contributed by atoms with Crippen LogP contribution in [0.25, 0.3) is 0 Å². The van der Waals surface area contributed by atoms with Gasteiger partial charge in [-0.1, -0.05) is 0 Å². The van der Waals surface area contributed by atoms with E-state index in [-0.39, 0.29) is 6.61 Å². The summed E-state index contributed by atoms with van der Waals surface area (Å²) in [6, 6.07) is 0. The molecule has 1 rings (SSSR count). The monoisotopic (exact) mass is 272 g/mol. The molecule has 0 fully saturated rings. The molecule has 0 aromatic carbocycles. The van der Waals surface area contributed by atoms with Gasteiger partial charge in [-0.05, 0) is 15.9 Å². The maximum absolute atomic E-state index is 10.3. The molecule has 0 spiro atoms. The molecule has 1 heterocycles. The van der Waals surface area contributed by atoms with Crippen molar-refractivity contribution in [1.82, 2.24) is 4.98 Å². The van der Waals surface area contributed by atoms with Crippen LogP contribution in [0.3, 0.4) is 0 Å². The van der Waals surface area contributed by atoms with E-state index in [1.54, 1.807) is 5.38 Å². The van der Waals surface area contributed by atoms with Crippen LogP contribution in [0, 0.1) is 0 Å². The van der Waals surface area contributed by atoms with E-state index in [1.165, 1.54) is 11.3 Å². The lowest BCUT2D eigenvalue weighted by molar-refractivity contribution is 0.305. The molecule has 0 aliphatic carbocycles. The molecule has 0 aliphatic heterocycles. The van der Waals surface area contributed by atoms with Crippen LogP contribution in [0.1, 0.15) is 5.69 Å². The molecular weight excluding hydrogens is 268 g/mol. The second-order valence-corrected chi connectivity index (χ2v) is 5.20. The zero-order chi connectivity index (χ0) is 9.19. The second kappa shape index (κ2) is 3.79. The summed E-state index contributed by atoms with van der Waals surface area (Å²) < 4.78 is 25.6. The van der Waals surface area contributed by atoms with Crippen molar-refractivity contribution in [3.8, 4) is 0 Å². The van der Waals surface area contributed by atoms with Crippen molar-refractivity contribution < 1.29 is 12.6 Å². The number of halogens is 1. The van der Waals surface area contributed by atoms with Crippen LogP contribution in [0.15, 0.2) is 9.30 Å². The van der Waals surface area contributed by atoms with Crippen molar-refractivity contribution in [3.63, 3.8) is 0 Å². The summed E-state index contributed by atoms with van der Waals surface area (Å²) in [7, 11) is -3.86. The molecule has 1 aromatic rings. The predicted octanol–water partition coefficient (Wildman–Crippen LogP) is 0.626. The van der Waals surface area contributed by atoms with Crippen molar-refractivity contribution in [2.45, 2.75) is 6.61 Å². The Kier molecular flexibility index (Phi) is 3.18. The Morgan fingerprint density at radius 1 is 1.75 bits per heavy atom. The minimum Gasteiger partial charge on any atom is -0.252 e. The maximum Gasteiger partial charge on any atom is 0.333 e. The molecule has 8 heteroatoms. The van der Waals surface area contributed by atoms with Crippen LogP contribution in [-0.4, -0.2) is 13.4 Å². The summed E-state index contributed by atoms with van der Waals surface area (Å²) in [6.07, 6.45) is 0. The minimum atomic E-state index is -3.86. The van der Waals surface area contributed by atoms with E-state index in [2.05, 4.69) is 30.2 Å². The highest BCUT2D eigenvalue weighted by Crippen LogP contribution is 2.16. The molecule has 12 heavy (non-hydrogen) atoms. The number of hydrogen-bond acceptors (Lipinski definition) is 5. The molecule has 2 N–H and O–H groups in total. The van der Waals surface area contributed by atoms with Crippen molar-refractivity contribution in [2.24, 2.45) is 5.14 Å². The number of aromatic nitrogens is 1. The topological polar surface area (TPSA) is 82.3 Å².